The minimum Gasteiger partial charge on any atom is -0.483 e. The Balaban J connectivity index is 0. The largest absolute Gasteiger partial charge is 0.483 e. The lowest BCUT2D eigenvalue weighted by molar-refractivity contribution is -0.122. The number of benzene rings is 1. The van der Waals surface area contributed by atoms with Gasteiger partial charge in [0, 0.05) is 29.3 Å². The van der Waals surface area contributed by atoms with E-state index in [9.17, 15) is 4.79 Å². The monoisotopic (exact) mass is 476 g/mol. The summed E-state index contributed by atoms with van der Waals surface area (Å²) in [7, 11) is 2.11. The number of nitrogens with zero attached hydrogens (tertiary/aromatic N) is 1. The second-order valence-electron chi connectivity index (χ2n) is 7.44. The number of allylic oxidation sites excluding steroid dienone is 5. The molecule has 0 saturated carbocycles. The van der Waals surface area contributed by atoms with Gasteiger partial charge >= 0.3 is 0 Å². The third-order valence-electron chi connectivity index (χ3n) is 4.39. The molecule has 1 aromatic rings. The lowest BCUT2D eigenvalue weighted by Gasteiger charge is -2.13. The van der Waals surface area contributed by atoms with Gasteiger partial charge in [0.15, 0.2) is 0 Å². The lowest BCUT2D eigenvalue weighted by atomic mass is 10.1. The quantitative estimate of drug-likeness (QED) is 0.113. The fourth-order valence-electron chi connectivity index (χ4n) is 2.49. The summed E-state index contributed by atoms with van der Waals surface area (Å²) in [5, 5.41) is 6.89. The fraction of sp³-hybridized carbons (Fsp3) is 0.481. The number of hydrogen-bond acceptors (Lipinski definition) is 5. The Labute approximate surface area is 205 Å². The summed E-state index contributed by atoms with van der Waals surface area (Å²) in [5.74, 6) is 0.715. The van der Waals surface area contributed by atoms with Gasteiger partial charge in [0.1, 0.15) is 6.29 Å². The maximum Gasteiger partial charge on any atom is 0.290 e. The highest BCUT2D eigenvalue weighted by molar-refractivity contribution is 7.99. The Kier molecular flexibility index (Phi) is 26.1. The van der Waals surface area contributed by atoms with Gasteiger partial charge in [-0.2, -0.15) is 0 Å². The van der Waals surface area contributed by atoms with Crippen molar-refractivity contribution in [3.63, 3.8) is 0 Å². The SMILES string of the molecule is CC/C=C\CC/C(C)=C/C=C(/C=O)CSc1ccccc1.CCCCN(C)CCN.O=CO. The molecule has 0 bridgehead atoms. The molecule has 1 aromatic carbocycles. The molecule has 0 atom stereocenters. The smallest absolute Gasteiger partial charge is 0.290 e. The molecule has 6 heteroatoms. The van der Waals surface area contributed by atoms with Gasteiger partial charge in [-0.25, -0.2) is 0 Å². The van der Waals surface area contributed by atoms with Crippen molar-refractivity contribution in [3.8, 4) is 0 Å². The van der Waals surface area contributed by atoms with E-state index < -0.39 is 0 Å². The van der Waals surface area contributed by atoms with Crippen LogP contribution in [-0.4, -0.2) is 55.2 Å². The summed E-state index contributed by atoms with van der Waals surface area (Å²) in [6.07, 6.45) is 15.1. The predicted molar refractivity (Wildman–Crippen MR) is 144 cm³/mol. The Hall–Kier alpha value is -2.15. The van der Waals surface area contributed by atoms with Crippen LogP contribution in [0.15, 0.2) is 70.7 Å². The molecule has 0 aliphatic heterocycles. The van der Waals surface area contributed by atoms with Gasteiger partial charge in [-0.15, -0.1) is 11.8 Å². The molecule has 0 aliphatic carbocycles. The van der Waals surface area contributed by atoms with Gasteiger partial charge in [0.2, 0.25) is 0 Å². The minimum atomic E-state index is -0.250. The van der Waals surface area contributed by atoms with Crippen molar-refractivity contribution < 1.29 is 14.7 Å². The number of carboxylic acid groups (broad SMARTS) is 1. The van der Waals surface area contributed by atoms with Gasteiger partial charge < -0.3 is 15.7 Å². The first-order valence-electron chi connectivity index (χ1n) is 11.6. The topological polar surface area (TPSA) is 83.6 Å². The number of hydrogen-bond donors (Lipinski definition) is 2. The van der Waals surface area contributed by atoms with E-state index in [0.717, 1.165) is 44.2 Å². The van der Waals surface area contributed by atoms with E-state index in [0.29, 0.717) is 5.75 Å². The highest BCUT2D eigenvalue weighted by Crippen LogP contribution is 2.19. The van der Waals surface area contributed by atoms with Crippen molar-refractivity contribution in [1.82, 2.24) is 4.90 Å². The zero-order chi connectivity index (χ0) is 25.2. The Morgan fingerprint density at radius 2 is 1.76 bits per heavy atom. The normalized spacial score (nSPS) is 11.5. The molecule has 0 amide bonds. The number of aldehydes is 1. The maximum absolute atomic E-state index is 11.1. The van der Waals surface area contributed by atoms with Crippen LogP contribution in [0.4, 0.5) is 0 Å². The number of carbonyl (C=O) groups excluding carboxylic acids is 1. The highest BCUT2D eigenvalue weighted by atomic mass is 32.2. The molecule has 0 unspecified atom stereocenters. The number of nitrogens with two attached hydrogens (primary N) is 1. The Morgan fingerprint density at radius 3 is 2.30 bits per heavy atom. The first kappa shape index (κ1) is 33.0. The first-order valence-corrected chi connectivity index (χ1v) is 12.6. The van der Waals surface area contributed by atoms with Crippen LogP contribution < -0.4 is 5.73 Å². The summed E-state index contributed by atoms with van der Waals surface area (Å²) in [4.78, 5) is 22.9. The number of likely N-dealkylation sites (N-methyl/N-ethyl adjacent to an activating group) is 1. The molecule has 0 saturated heterocycles. The van der Waals surface area contributed by atoms with Gasteiger partial charge in [-0.05, 0) is 58.3 Å². The molecule has 5 nitrogen and oxygen atoms in total. The van der Waals surface area contributed by atoms with Crippen LogP contribution in [0.25, 0.3) is 0 Å². The molecule has 33 heavy (non-hydrogen) atoms. The summed E-state index contributed by atoms with van der Waals surface area (Å²) >= 11 is 1.69. The minimum absolute atomic E-state index is 0.250. The Bertz CT molecular complexity index is 673. The summed E-state index contributed by atoms with van der Waals surface area (Å²) in [6.45, 7) is 9.20. The molecule has 0 aromatic heterocycles. The molecule has 3 N–H and O–H groups in total. The zero-order valence-corrected chi connectivity index (χ0v) is 21.7. The van der Waals surface area contributed by atoms with E-state index in [1.54, 1.807) is 11.8 Å². The van der Waals surface area contributed by atoms with E-state index >= 15 is 0 Å². The van der Waals surface area contributed by atoms with E-state index in [1.165, 1.54) is 29.9 Å². The van der Waals surface area contributed by atoms with Gasteiger partial charge in [-0.3, -0.25) is 9.59 Å². The van der Waals surface area contributed by atoms with Crippen LogP contribution in [0.1, 0.15) is 52.9 Å². The average Bonchev–Trinajstić information content (AvgIpc) is 2.82. The molecule has 186 valence electrons. The van der Waals surface area contributed by atoms with Crippen LogP contribution in [0.3, 0.4) is 0 Å². The van der Waals surface area contributed by atoms with E-state index in [1.807, 2.05) is 24.3 Å². The fourth-order valence-corrected chi connectivity index (χ4v) is 3.34. The molecular formula is C27H44N2O3S. The van der Waals surface area contributed by atoms with Crippen molar-refractivity contribution in [2.45, 2.75) is 57.8 Å². The van der Waals surface area contributed by atoms with Gasteiger partial charge in [0.25, 0.3) is 6.47 Å². The second kappa shape index (κ2) is 26.1. The van der Waals surface area contributed by atoms with Crippen LogP contribution in [0.5, 0.6) is 0 Å². The van der Waals surface area contributed by atoms with Crippen molar-refractivity contribution in [1.29, 1.82) is 0 Å². The molecule has 0 aliphatic rings. The van der Waals surface area contributed by atoms with Gasteiger partial charge in [-0.1, -0.05) is 68.3 Å². The van der Waals surface area contributed by atoms with E-state index in [4.69, 9.17) is 15.6 Å². The zero-order valence-electron chi connectivity index (χ0n) is 20.9. The van der Waals surface area contributed by atoms with Gasteiger partial charge in [0.05, 0.1) is 0 Å². The molecule has 1 rings (SSSR count). The summed E-state index contributed by atoms with van der Waals surface area (Å²) in [6, 6.07) is 10.2. The molecule has 0 heterocycles. The summed E-state index contributed by atoms with van der Waals surface area (Å²) < 4.78 is 0. The molecular weight excluding hydrogens is 432 g/mol. The number of unbranched alkanes of at least 4 members (excludes halogenated alkanes) is 1. The molecule has 0 spiro atoms. The van der Waals surface area contributed by atoms with Crippen LogP contribution >= 0.6 is 11.8 Å². The van der Waals surface area contributed by atoms with Crippen molar-refractivity contribution in [2.75, 3.05) is 32.4 Å². The van der Waals surface area contributed by atoms with Crippen LogP contribution in [0.2, 0.25) is 0 Å². The van der Waals surface area contributed by atoms with E-state index in [2.05, 4.69) is 63.1 Å². The second-order valence-corrected chi connectivity index (χ2v) is 8.49. The van der Waals surface area contributed by atoms with E-state index in [-0.39, 0.29) is 6.47 Å². The predicted octanol–water partition coefficient (Wildman–Crippen LogP) is 5.97. The Morgan fingerprint density at radius 1 is 1.09 bits per heavy atom. The molecule has 0 fully saturated rings. The molecule has 0 radical (unpaired) electrons. The number of thioether (sulfide) groups is 1. The number of rotatable bonds is 14. The third-order valence-corrected chi connectivity index (χ3v) is 5.48. The summed E-state index contributed by atoms with van der Waals surface area (Å²) in [5.41, 5.74) is 7.49. The van der Waals surface area contributed by atoms with Crippen LogP contribution in [0, 0.1) is 0 Å². The highest BCUT2D eigenvalue weighted by Gasteiger charge is 1.97. The van der Waals surface area contributed by atoms with Crippen molar-refractivity contribution >= 4 is 24.5 Å². The first-order chi connectivity index (χ1) is 16.0. The standard InChI is InChI=1S/C19H24OS.C7H18N2.CH2O2/c1-3-4-5-7-10-17(2)13-14-18(15-20)16-21-19-11-8-6-9-12-19;1-3-4-6-9(2)7-5-8;2-1-3/h4-6,8-9,11-15H,3,7,10,16H2,1-2H3;3-8H2,1-2H3;1H,(H,2,3)/b5-4-,17-13+,18-14-;;. The maximum atomic E-state index is 11.1. The lowest BCUT2D eigenvalue weighted by Crippen LogP contribution is -2.26. The van der Waals surface area contributed by atoms with Crippen LogP contribution in [-0.2, 0) is 9.59 Å². The third kappa shape index (κ3) is 24.3. The average molecular weight is 477 g/mol. The number of carbonyl (C=O) groups is 2. The van der Waals surface area contributed by atoms with Crippen molar-refractivity contribution in [3.05, 3.63) is 65.8 Å². The van der Waals surface area contributed by atoms with Crippen molar-refractivity contribution in [2.24, 2.45) is 5.73 Å².